The van der Waals surface area contributed by atoms with Gasteiger partial charge in [-0.2, -0.15) is 4.31 Å². The van der Waals surface area contributed by atoms with Crippen molar-refractivity contribution in [2.24, 2.45) is 0 Å². The van der Waals surface area contributed by atoms with Crippen LogP contribution in [0.4, 0.5) is 20.4 Å². The van der Waals surface area contributed by atoms with Crippen LogP contribution in [0.1, 0.15) is 25.7 Å². The minimum absolute atomic E-state index is 0.161. The van der Waals surface area contributed by atoms with E-state index in [0.29, 0.717) is 18.9 Å². The highest BCUT2D eigenvalue weighted by Gasteiger charge is 2.31. The third-order valence-electron chi connectivity index (χ3n) is 5.64. The second kappa shape index (κ2) is 8.81. The lowest BCUT2D eigenvalue weighted by molar-refractivity contribution is 0.380. The van der Waals surface area contributed by atoms with E-state index in [1.165, 1.54) is 17.1 Å². The molecule has 0 spiro atoms. The Bertz CT molecular complexity index is 971. The largest absolute Gasteiger partial charge is 0.355 e. The molecule has 0 saturated carbocycles. The highest BCUT2D eigenvalue weighted by atomic mass is 32.2. The first-order chi connectivity index (χ1) is 14.4. The fourth-order valence-corrected chi connectivity index (χ4v) is 5.42. The van der Waals surface area contributed by atoms with Crippen LogP contribution >= 0.6 is 0 Å². The molecule has 2 aliphatic heterocycles. The molecule has 2 saturated heterocycles. The van der Waals surface area contributed by atoms with Crippen molar-refractivity contribution in [2.75, 3.05) is 49.1 Å². The predicted molar refractivity (Wildman–Crippen MR) is 110 cm³/mol. The van der Waals surface area contributed by atoms with Gasteiger partial charge in [0.1, 0.15) is 16.5 Å². The van der Waals surface area contributed by atoms with Crippen molar-refractivity contribution in [1.29, 1.82) is 0 Å². The second-order valence-electron chi connectivity index (χ2n) is 7.62. The topological polar surface area (TPSA) is 69.6 Å². The molecular formula is C20H25F2N5O2S. The molecule has 0 N–H and O–H groups in total. The molecule has 10 heteroatoms. The zero-order chi connectivity index (χ0) is 21.1. The molecule has 2 fully saturated rings. The van der Waals surface area contributed by atoms with Crippen LogP contribution in [-0.2, 0) is 10.0 Å². The summed E-state index contributed by atoms with van der Waals surface area (Å²) in [7, 11) is -4.10. The van der Waals surface area contributed by atoms with Crippen LogP contribution in [0.25, 0.3) is 0 Å². The summed E-state index contributed by atoms with van der Waals surface area (Å²) in [5.74, 6) is -0.187. The highest BCUT2D eigenvalue weighted by Crippen LogP contribution is 2.24. The Morgan fingerprint density at radius 3 is 1.87 bits per heavy atom. The molecule has 30 heavy (non-hydrogen) atoms. The van der Waals surface area contributed by atoms with E-state index in [4.69, 9.17) is 0 Å². The van der Waals surface area contributed by atoms with E-state index < -0.39 is 26.6 Å². The summed E-state index contributed by atoms with van der Waals surface area (Å²) < 4.78 is 54.0. The van der Waals surface area contributed by atoms with Gasteiger partial charge in [-0.3, -0.25) is 0 Å². The SMILES string of the molecule is O=S(=O)(c1cc(F)ccc1F)N1CCN(c2ccc(N3CCCCCC3)nn2)CC1. The molecule has 0 bridgehead atoms. The molecular weight excluding hydrogens is 412 g/mol. The number of hydrogen-bond donors (Lipinski definition) is 0. The number of benzene rings is 1. The van der Waals surface area contributed by atoms with Crippen molar-refractivity contribution in [3.8, 4) is 0 Å². The van der Waals surface area contributed by atoms with Gasteiger partial charge in [0, 0.05) is 39.3 Å². The first-order valence-corrected chi connectivity index (χ1v) is 11.7. The van der Waals surface area contributed by atoms with Crippen molar-refractivity contribution < 1.29 is 17.2 Å². The molecule has 0 atom stereocenters. The van der Waals surface area contributed by atoms with Gasteiger partial charge in [0.15, 0.2) is 11.6 Å². The van der Waals surface area contributed by atoms with Crippen molar-refractivity contribution in [2.45, 2.75) is 30.6 Å². The summed E-state index contributed by atoms with van der Waals surface area (Å²) in [6.45, 7) is 3.09. The highest BCUT2D eigenvalue weighted by molar-refractivity contribution is 7.89. The predicted octanol–water partition coefficient (Wildman–Crippen LogP) is 2.65. The molecule has 162 valence electrons. The number of anilines is 2. The van der Waals surface area contributed by atoms with Gasteiger partial charge < -0.3 is 9.80 Å². The summed E-state index contributed by atoms with van der Waals surface area (Å²) in [6.07, 6.45) is 4.81. The Morgan fingerprint density at radius 1 is 0.733 bits per heavy atom. The molecule has 7 nitrogen and oxygen atoms in total. The minimum atomic E-state index is -4.10. The maximum atomic E-state index is 14.0. The summed E-state index contributed by atoms with van der Waals surface area (Å²) >= 11 is 0. The second-order valence-corrected chi connectivity index (χ2v) is 9.52. The van der Waals surface area contributed by atoms with Crippen molar-refractivity contribution in [3.63, 3.8) is 0 Å². The Labute approximate surface area is 175 Å². The molecule has 2 aliphatic rings. The van der Waals surface area contributed by atoms with Crippen LogP contribution in [0.15, 0.2) is 35.2 Å². The van der Waals surface area contributed by atoms with Gasteiger partial charge in [-0.25, -0.2) is 17.2 Å². The fraction of sp³-hybridized carbons (Fsp3) is 0.500. The van der Waals surface area contributed by atoms with Gasteiger partial charge in [-0.05, 0) is 43.2 Å². The van der Waals surface area contributed by atoms with E-state index in [1.54, 1.807) is 0 Å². The maximum absolute atomic E-state index is 14.0. The van der Waals surface area contributed by atoms with E-state index in [1.807, 2.05) is 17.0 Å². The zero-order valence-electron chi connectivity index (χ0n) is 16.7. The summed E-state index contributed by atoms with van der Waals surface area (Å²) in [5.41, 5.74) is 0. The van der Waals surface area contributed by atoms with Crippen LogP contribution in [0.3, 0.4) is 0 Å². The third-order valence-corrected chi connectivity index (χ3v) is 7.55. The lowest BCUT2D eigenvalue weighted by Crippen LogP contribution is -2.49. The van der Waals surface area contributed by atoms with Gasteiger partial charge in [0.05, 0.1) is 0 Å². The summed E-state index contributed by atoms with van der Waals surface area (Å²) in [5, 5.41) is 8.70. The Kier molecular flexibility index (Phi) is 6.14. The van der Waals surface area contributed by atoms with Crippen molar-refractivity contribution in [1.82, 2.24) is 14.5 Å². The Hall–Kier alpha value is -2.33. The van der Waals surface area contributed by atoms with Gasteiger partial charge in [0.25, 0.3) is 0 Å². The van der Waals surface area contributed by atoms with Gasteiger partial charge in [-0.15, -0.1) is 10.2 Å². The number of nitrogens with zero attached hydrogens (tertiary/aromatic N) is 5. The normalized spacial score (nSPS) is 19.0. The molecule has 1 aromatic carbocycles. The Morgan fingerprint density at radius 2 is 1.30 bits per heavy atom. The molecule has 2 aromatic rings. The first-order valence-electron chi connectivity index (χ1n) is 10.2. The van der Waals surface area contributed by atoms with Crippen LogP contribution in [0.5, 0.6) is 0 Å². The lowest BCUT2D eigenvalue weighted by Gasteiger charge is -2.34. The molecule has 4 rings (SSSR count). The number of rotatable bonds is 4. The minimum Gasteiger partial charge on any atom is -0.355 e. The van der Waals surface area contributed by atoms with Crippen LogP contribution in [-0.4, -0.2) is 62.2 Å². The zero-order valence-corrected chi connectivity index (χ0v) is 17.5. The van der Waals surface area contributed by atoms with Crippen molar-refractivity contribution >= 4 is 21.7 Å². The van der Waals surface area contributed by atoms with Crippen LogP contribution < -0.4 is 9.80 Å². The van der Waals surface area contributed by atoms with Crippen molar-refractivity contribution in [3.05, 3.63) is 42.0 Å². The molecule has 0 radical (unpaired) electrons. The monoisotopic (exact) mass is 437 g/mol. The van der Waals surface area contributed by atoms with E-state index in [9.17, 15) is 17.2 Å². The van der Waals surface area contributed by atoms with E-state index in [-0.39, 0.29) is 13.1 Å². The van der Waals surface area contributed by atoms with Crippen LogP contribution in [0, 0.1) is 11.6 Å². The van der Waals surface area contributed by atoms with Gasteiger partial charge >= 0.3 is 0 Å². The third kappa shape index (κ3) is 4.39. The summed E-state index contributed by atoms with van der Waals surface area (Å²) in [6, 6.07) is 6.33. The number of piperazine rings is 1. The lowest BCUT2D eigenvalue weighted by atomic mass is 10.2. The number of hydrogen-bond acceptors (Lipinski definition) is 6. The molecule has 0 unspecified atom stereocenters. The average Bonchev–Trinajstić information content (AvgIpc) is 3.05. The Balaban J connectivity index is 1.41. The number of aromatic nitrogens is 2. The summed E-state index contributed by atoms with van der Waals surface area (Å²) in [4.78, 5) is 3.58. The molecule has 0 amide bonds. The number of halogens is 2. The average molecular weight is 438 g/mol. The van der Waals surface area contributed by atoms with Crippen LogP contribution in [0.2, 0.25) is 0 Å². The maximum Gasteiger partial charge on any atom is 0.246 e. The fourth-order valence-electron chi connectivity index (χ4n) is 3.93. The first kappa shape index (κ1) is 20.9. The molecule has 0 aliphatic carbocycles. The van der Waals surface area contributed by atoms with E-state index >= 15 is 0 Å². The molecule has 3 heterocycles. The smallest absolute Gasteiger partial charge is 0.246 e. The van der Waals surface area contributed by atoms with E-state index in [2.05, 4.69) is 15.1 Å². The number of sulfonamides is 1. The van der Waals surface area contributed by atoms with Gasteiger partial charge in [0.2, 0.25) is 10.0 Å². The quantitative estimate of drug-likeness (QED) is 0.733. The van der Waals surface area contributed by atoms with E-state index in [0.717, 1.165) is 49.9 Å². The standard InChI is InChI=1S/C20H25F2N5O2S/c21-16-5-6-17(22)18(15-16)30(28,29)27-13-11-26(12-14-27)20-8-7-19(23-24-20)25-9-3-1-2-4-10-25/h5-8,15H,1-4,9-14H2. The van der Waals surface area contributed by atoms with Gasteiger partial charge in [-0.1, -0.05) is 12.8 Å². The molecule has 1 aromatic heterocycles.